The van der Waals surface area contributed by atoms with E-state index in [9.17, 15) is 18.0 Å². The summed E-state index contributed by atoms with van der Waals surface area (Å²) in [6.45, 7) is 1.39. The second-order valence-electron chi connectivity index (χ2n) is 5.60. The molecule has 0 spiro atoms. The van der Waals surface area contributed by atoms with Crippen molar-refractivity contribution in [3.63, 3.8) is 0 Å². The largest absolute Gasteiger partial charge is 0.493 e. The first-order valence-corrected chi connectivity index (χ1v) is 8.07. The second-order valence-corrected chi connectivity index (χ2v) is 5.60. The highest BCUT2D eigenvalue weighted by atomic mass is 19.4. The Labute approximate surface area is 157 Å². The van der Waals surface area contributed by atoms with Gasteiger partial charge in [0, 0.05) is 0 Å². The van der Waals surface area contributed by atoms with Crippen molar-refractivity contribution in [2.75, 3.05) is 26.1 Å². The van der Waals surface area contributed by atoms with Gasteiger partial charge in [0.2, 0.25) is 5.95 Å². The zero-order valence-electron chi connectivity index (χ0n) is 15.1. The quantitative estimate of drug-likeness (QED) is 0.763. The fourth-order valence-corrected chi connectivity index (χ4v) is 2.86. The number of methoxy groups -OCH3 is 2. The van der Waals surface area contributed by atoms with E-state index in [-0.39, 0.29) is 23.9 Å². The highest BCUT2D eigenvalue weighted by molar-refractivity contribution is 5.92. The normalized spacial score (nSPS) is 16.3. The van der Waals surface area contributed by atoms with Crippen molar-refractivity contribution >= 4 is 11.9 Å². The first-order chi connectivity index (χ1) is 13.3. The van der Waals surface area contributed by atoms with Crippen LogP contribution in [-0.4, -0.2) is 53.2 Å². The molecule has 12 heteroatoms. The number of rotatable bonds is 5. The molecule has 1 aromatic carbocycles. The van der Waals surface area contributed by atoms with Gasteiger partial charge in [0.25, 0.3) is 0 Å². The lowest BCUT2D eigenvalue weighted by molar-refractivity contribution is -0.140. The van der Waals surface area contributed by atoms with E-state index in [0.29, 0.717) is 5.75 Å². The minimum absolute atomic E-state index is 0.103. The maximum atomic E-state index is 13.7. The van der Waals surface area contributed by atoms with Crippen LogP contribution >= 0.6 is 0 Å². The number of carbonyl (C=O) groups is 1. The third-order valence-corrected chi connectivity index (χ3v) is 4.02. The predicted octanol–water partition coefficient (Wildman–Crippen LogP) is 2.08. The van der Waals surface area contributed by atoms with E-state index in [1.54, 1.807) is 0 Å². The molecule has 1 unspecified atom stereocenters. The molecule has 0 saturated heterocycles. The Morgan fingerprint density at radius 1 is 1.25 bits per heavy atom. The number of tetrazole rings is 1. The van der Waals surface area contributed by atoms with Crippen molar-refractivity contribution in [1.29, 1.82) is 0 Å². The number of nitrogens with one attached hydrogen (secondary N) is 1. The summed E-state index contributed by atoms with van der Waals surface area (Å²) in [6.07, 6.45) is -4.87. The number of ether oxygens (including phenoxy) is 3. The summed E-state index contributed by atoms with van der Waals surface area (Å²) < 4.78 is 57.4. The monoisotopic (exact) mass is 399 g/mol. The van der Waals surface area contributed by atoms with Crippen LogP contribution in [-0.2, 0) is 9.53 Å². The molecule has 9 nitrogen and oxygen atoms in total. The SMILES string of the molecule is CCOC(=O)C1=C(C(F)(F)F)Nc2nnnn2C1c1ccc(OC)c(OC)c1. The number of benzene rings is 1. The molecule has 3 rings (SSSR count). The summed E-state index contributed by atoms with van der Waals surface area (Å²) in [5.41, 5.74) is -1.67. The number of hydrogen-bond donors (Lipinski definition) is 1. The summed E-state index contributed by atoms with van der Waals surface area (Å²) in [4.78, 5) is 12.5. The van der Waals surface area contributed by atoms with Gasteiger partial charge in [-0.3, -0.25) is 0 Å². The van der Waals surface area contributed by atoms with Gasteiger partial charge < -0.3 is 19.5 Å². The fraction of sp³-hybridized carbons (Fsp3) is 0.375. The summed E-state index contributed by atoms with van der Waals surface area (Å²) in [5.74, 6) is -0.761. The topological polar surface area (TPSA) is 100 Å². The number of hydrogen-bond acceptors (Lipinski definition) is 8. The molecular formula is C16H16F3N5O4. The molecule has 2 aromatic rings. The van der Waals surface area contributed by atoms with Crippen LogP contribution in [0.4, 0.5) is 19.1 Å². The van der Waals surface area contributed by atoms with Gasteiger partial charge in [-0.05, 0) is 35.0 Å². The van der Waals surface area contributed by atoms with Crippen LogP contribution in [0, 0.1) is 0 Å². The number of aromatic nitrogens is 4. The molecule has 1 aliphatic heterocycles. The van der Waals surface area contributed by atoms with Crippen LogP contribution in [0.1, 0.15) is 18.5 Å². The number of nitrogens with zero attached hydrogens (tertiary/aromatic N) is 4. The Morgan fingerprint density at radius 2 is 1.96 bits per heavy atom. The van der Waals surface area contributed by atoms with Crippen molar-refractivity contribution in [3.8, 4) is 11.5 Å². The molecule has 28 heavy (non-hydrogen) atoms. The molecule has 0 saturated carbocycles. The average Bonchev–Trinajstić information content (AvgIpc) is 3.13. The molecule has 1 aliphatic rings. The highest BCUT2D eigenvalue weighted by Gasteiger charge is 2.47. The summed E-state index contributed by atoms with van der Waals surface area (Å²) in [5, 5.41) is 12.8. The molecule has 1 atom stereocenters. The zero-order valence-corrected chi connectivity index (χ0v) is 15.1. The minimum atomic E-state index is -4.87. The van der Waals surface area contributed by atoms with Gasteiger partial charge in [0.15, 0.2) is 11.5 Å². The van der Waals surface area contributed by atoms with E-state index in [4.69, 9.17) is 14.2 Å². The Balaban J connectivity index is 2.25. The van der Waals surface area contributed by atoms with Gasteiger partial charge in [-0.1, -0.05) is 11.2 Å². The van der Waals surface area contributed by atoms with Crippen LogP contribution in [0.25, 0.3) is 0 Å². The van der Waals surface area contributed by atoms with Gasteiger partial charge in [0.1, 0.15) is 11.7 Å². The van der Waals surface area contributed by atoms with Gasteiger partial charge >= 0.3 is 12.1 Å². The van der Waals surface area contributed by atoms with Crippen LogP contribution in [0.2, 0.25) is 0 Å². The lowest BCUT2D eigenvalue weighted by atomic mass is 9.94. The molecule has 0 bridgehead atoms. The number of alkyl halides is 3. The molecule has 0 radical (unpaired) electrons. The van der Waals surface area contributed by atoms with E-state index >= 15 is 0 Å². The third kappa shape index (κ3) is 3.32. The number of carbonyl (C=O) groups excluding carboxylic acids is 1. The van der Waals surface area contributed by atoms with Crippen LogP contribution in [0.15, 0.2) is 29.5 Å². The second kappa shape index (κ2) is 7.37. The van der Waals surface area contributed by atoms with Gasteiger partial charge in [-0.25, -0.2) is 4.79 Å². The summed E-state index contributed by atoms with van der Waals surface area (Å²) in [6, 6.07) is 3.17. The maximum Gasteiger partial charge on any atom is 0.431 e. The lowest BCUT2D eigenvalue weighted by Gasteiger charge is -2.29. The number of halogens is 3. The Morgan fingerprint density at radius 3 is 2.57 bits per heavy atom. The first-order valence-electron chi connectivity index (χ1n) is 8.07. The number of anilines is 1. The standard InChI is InChI=1S/C16H16F3N5O4/c1-4-28-14(25)11-12(8-5-6-9(26-2)10(7-8)27-3)24-15(21-22-23-24)20-13(11)16(17,18)19/h5-7,12H,4H2,1-3H3,(H,20,21,23). The van der Waals surface area contributed by atoms with Crippen molar-refractivity contribution in [2.45, 2.75) is 19.1 Å². The Hall–Kier alpha value is -3.31. The van der Waals surface area contributed by atoms with E-state index in [1.807, 2.05) is 0 Å². The molecule has 0 amide bonds. The molecule has 0 fully saturated rings. The van der Waals surface area contributed by atoms with E-state index in [0.717, 1.165) is 4.68 Å². The fourth-order valence-electron chi connectivity index (χ4n) is 2.86. The van der Waals surface area contributed by atoms with Crippen LogP contribution < -0.4 is 14.8 Å². The number of allylic oxidation sites excluding steroid dienone is 1. The van der Waals surface area contributed by atoms with Gasteiger partial charge in [-0.2, -0.15) is 17.9 Å². The van der Waals surface area contributed by atoms with Gasteiger partial charge in [-0.15, -0.1) is 0 Å². The third-order valence-electron chi connectivity index (χ3n) is 4.02. The Kier molecular flexibility index (Phi) is 5.12. The molecule has 1 N–H and O–H groups in total. The first kappa shape index (κ1) is 19.5. The Bertz CT molecular complexity index is 925. The van der Waals surface area contributed by atoms with Crippen molar-refractivity contribution in [1.82, 2.24) is 20.2 Å². The van der Waals surface area contributed by atoms with Crippen molar-refractivity contribution < 1.29 is 32.2 Å². The van der Waals surface area contributed by atoms with E-state index in [2.05, 4.69) is 20.8 Å². The number of esters is 1. The molecule has 0 aliphatic carbocycles. The maximum absolute atomic E-state index is 13.7. The van der Waals surface area contributed by atoms with Crippen LogP contribution in [0.3, 0.4) is 0 Å². The highest BCUT2D eigenvalue weighted by Crippen LogP contribution is 2.42. The summed E-state index contributed by atoms with van der Waals surface area (Å²) >= 11 is 0. The molecule has 1 aromatic heterocycles. The lowest BCUT2D eigenvalue weighted by Crippen LogP contribution is -2.35. The van der Waals surface area contributed by atoms with E-state index < -0.39 is 29.5 Å². The van der Waals surface area contributed by atoms with Crippen molar-refractivity contribution in [2.24, 2.45) is 0 Å². The summed E-state index contributed by atoms with van der Waals surface area (Å²) in [7, 11) is 2.81. The average molecular weight is 399 g/mol. The molecular weight excluding hydrogens is 383 g/mol. The number of fused-ring (bicyclic) bond motifs is 1. The zero-order chi connectivity index (χ0) is 20.5. The molecule has 2 heterocycles. The van der Waals surface area contributed by atoms with Crippen molar-refractivity contribution in [3.05, 3.63) is 35.0 Å². The van der Waals surface area contributed by atoms with Gasteiger partial charge in [0.05, 0.1) is 26.4 Å². The van der Waals surface area contributed by atoms with Crippen LogP contribution in [0.5, 0.6) is 11.5 Å². The smallest absolute Gasteiger partial charge is 0.431 e. The predicted molar refractivity (Wildman–Crippen MR) is 88.8 cm³/mol. The molecule has 150 valence electrons. The minimum Gasteiger partial charge on any atom is -0.493 e. The van der Waals surface area contributed by atoms with E-state index in [1.165, 1.54) is 39.3 Å².